The number of amides is 1. The Labute approximate surface area is 176 Å². The van der Waals surface area contributed by atoms with Gasteiger partial charge in [-0.1, -0.05) is 30.3 Å². The first-order chi connectivity index (χ1) is 14.7. The molecule has 0 aliphatic rings. The summed E-state index contributed by atoms with van der Waals surface area (Å²) >= 11 is 0. The molecule has 0 aliphatic heterocycles. The molecule has 156 valence electrons. The van der Waals surface area contributed by atoms with Gasteiger partial charge in [-0.25, -0.2) is 0 Å². The SMILES string of the molecule is COc1ccccc1O[C@@H](C)C(=O)Nc1ccc(OCCOc2ccccc2)cc1. The molecule has 0 bridgehead atoms. The van der Waals surface area contributed by atoms with Crippen LogP contribution in [0.4, 0.5) is 5.69 Å². The van der Waals surface area contributed by atoms with Crippen molar-refractivity contribution in [2.24, 2.45) is 0 Å². The number of hydrogen-bond acceptors (Lipinski definition) is 5. The Hall–Kier alpha value is -3.67. The fourth-order valence-electron chi connectivity index (χ4n) is 2.67. The molecule has 1 amide bonds. The first-order valence-electron chi connectivity index (χ1n) is 9.67. The maximum absolute atomic E-state index is 12.4. The first kappa shape index (κ1) is 21.0. The van der Waals surface area contributed by atoms with Crippen molar-refractivity contribution in [2.45, 2.75) is 13.0 Å². The van der Waals surface area contributed by atoms with Gasteiger partial charge in [-0.05, 0) is 55.5 Å². The minimum atomic E-state index is -0.688. The highest BCUT2D eigenvalue weighted by Gasteiger charge is 2.16. The lowest BCUT2D eigenvalue weighted by Crippen LogP contribution is -2.30. The Kier molecular flexibility index (Phi) is 7.55. The van der Waals surface area contributed by atoms with Crippen LogP contribution in [0.5, 0.6) is 23.0 Å². The van der Waals surface area contributed by atoms with Gasteiger partial charge in [-0.15, -0.1) is 0 Å². The number of rotatable bonds is 10. The molecule has 0 aliphatic carbocycles. The highest BCUT2D eigenvalue weighted by molar-refractivity contribution is 5.94. The van der Waals surface area contributed by atoms with Gasteiger partial charge >= 0.3 is 0 Å². The van der Waals surface area contributed by atoms with Crippen LogP contribution in [0.15, 0.2) is 78.9 Å². The molecule has 0 aromatic heterocycles. The number of methoxy groups -OCH3 is 1. The van der Waals surface area contributed by atoms with Crippen molar-refractivity contribution in [3.8, 4) is 23.0 Å². The second kappa shape index (κ2) is 10.8. The largest absolute Gasteiger partial charge is 0.493 e. The highest BCUT2D eigenvalue weighted by atomic mass is 16.5. The van der Waals surface area contributed by atoms with Crippen molar-refractivity contribution in [2.75, 3.05) is 25.6 Å². The van der Waals surface area contributed by atoms with Crippen LogP contribution in [-0.4, -0.2) is 32.3 Å². The normalized spacial score (nSPS) is 11.3. The van der Waals surface area contributed by atoms with E-state index in [1.807, 2.05) is 42.5 Å². The van der Waals surface area contributed by atoms with E-state index in [2.05, 4.69) is 5.32 Å². The molecular formula is C24H25NO5. The van der Waals surface area contributed by atoms with E-state index in [0.29, 0.717) is 36.1 Å². The van der Waals surface area contributed by atoms with Crippen LogP contribution < -0.4 is 24.3 Å². The Morgan fingerprint density at radius 2 is 1.37 bits per heavy atom. The Morgan fingerprint density at radius 3 is 2.00 bits per heavy atom. The fraction of sp³-hybridized carbons (Fsp3) is 0.208. The van der Waals surface area contributed by atoms with Gasteiger partial charge in [0.2, 0.25) is 0 Å². The lowest BCUT2D eigenvalue weighted by molar-refractivity contribution is -0.122. The Morgan fingerprint density at radius 1 is 0.800 bits per heavy atom. The summed E-state index contributed by atoms with van der Waals surface area (Å²) in [6, 6.07) is 23.9. The molecule has 0 spiro atoms. The number of carbonyl (C=O) groups is 1. The van der Waals surface area contributed by atoms with E-state index in [-0.39, 0.29) is 5.91 Å². The average molecular weight is 407 g/mol. The van der Waals surface area contributed by atoms with Gasteiger partial charge < -0.3 is 24.3 Å². The van der Waals surface area contributed by atoms with Crippen molar-refractivity contribution in [3.05, 3.63) is 78.9 Å². The molecule has 0 saturated carbocycles. The maximum Gasteiger partial charge on any atom is 0.265 e. The topological polar surface area (TPSA) is 66.0 Å². The second-order valence-corrected chi connectivity index (χ2v) is 6.43. The van der Waals surface area contributed by atoms with E-state index < -0.39 is 6.10 Å². The van der Waals surface area contributed by atoms with Crippen LogP contribution in [0.2, 0.25) is 0 Å². The first-order valence-corrected chi connectivity index (χ1v) is 9.67. The number of benzene rings is 3. The molecule has 3 aromatic rings. The molecule has 6 heteroatoms. The van der Waals surface area contributed by atoms with E-state index >= 15 is 0 Å². The number of hydrogen-bond donors (Lipinski definition) is 1. The van der Waals surface area contributed by atoms with Crippen molar-refractivity contribution in [3.63, 3.8) is 0 Å². The van der Waals surface area contributed by atoms with Gasteiger partial charge in [0, 0.05) is 5.69 Å². The third kappa shape index (κ3) is 6.17. The molecule has 6 nitrogen and oxygen atoms in total. The zero-order chi connectivity index (χ0) is 21.2. The van der Waals surface area contributed by atoms with E-state index in [1.165, 1.54) is 0 Å². The second-order valence-electron chi connectivity index (χ2n) is 6.43. The molecule has 0 fully saturated rings. The van der Waals surface area contributed by atoms with Crippen LogP contribution in [0.1, 0.15) is 6.92 Å². The molecule has 1 N–H and O–H groups in total. The third-order valence-corrected chi connectivity index (χ3v) is 4.23. The van der Waals surface area contributed by atoms with Crippen LogP contribution in [-0.2, 0) is 4.79 Å². The zero-order valence-corrected chi connectivity index (χ0v) is 17.0. The summed E-state index contributed by atoms with van der Waals surface area (Å²) in [4.78, 5) is 12.4. The lowest BCUT2D eigenvalue weighted by atomic mass is 10.2. The molecular weight excluding hydrogens is 382 g/mol. The monoisotopic (exact) mass is 407 g/mol. The summed E-state index contributed by atoms with van der Waals surface area (Å²) in [7, 11) is 1.56. The zero-order valence-electron chi connectivity index (χ0n) is 17.0. The van der Waals surface area contributed by atoms with Gasteiger partial charge in [0.25, 0.3) is 5.91 Å². The van der Waals surface area contributed by atoms with Gasteiger partial charge in [0.1, 0.15) is 24.7 Å². The number of anilines is 1. The van der Waals surface area contributed by atoms with Crippen LogP contribution in [0.3, 0.4) is 0 Å². The Bertz CT molecular complexity index is 928. The maximum atomic E-state index is 12.4. The van der Waals surface area contributed by atoms with Crippen LogP contribution in [0, 0.1) is 0 Å². The van der Waals surface area contributed by atoms with Gasteiger partial charge in [0.05, 0.1) is 7.11 Å². The van der Waals surface area contributed by atoms with Crippen molar-refractivity contribution < 1.29 is 23.7 Å². The number of para-hydroxylation sites is 3. The van der Waals surface area contributed by atoms with E-state index in [1.54, 1.807) is 50.4 Å². The summed E-state index contributed by atoms with van der Waals surface area (Å²) in [5.74, 6) is 2.34. The van der Waals surface area contributed by atoms with Crippen LogP contribution in [0.25, 0.3) is 0 Å². The third-order valence-electron chi connectivity index (χ3n) is 4.23. The summed E-state index contributed by atoms with van der Waals surface area (Å²) in [5, 5.41) is 2.83. The van der Waals surface area contributed by atoms with E-state index in [9.17, 15) is 4.79 Å². The summed E-state index contributed by atoms with van der Waals surface area (Å²) < 4.78 is 22.2. The van der Waals surface area contributed by atoms with E-state index in [0.717, 1.165) is 5.75 Å². The number of nitrogens with one attached hydrogen (secondary N) is 1. The van der Waals surface area contributed by atoms with Gasteiger partial charge in [-0.2, -0.15) is 0 Å². The molecule has 0 radical (unpaired) electrons. The average Bonchev–Trinajstić information content (AvgIpc) is 2.79. The smallest absolute Gasteiger partial charge is 0.265 e. The van der Waals surface area contributed by atoms with Gasteiger partial charge in [0.15, 0.2) is 17.6 Å². The standard InChI is InChI=1S/C24H25NO5/c1-18(30-23-11-7-6-10-22(23)27-2)24(26)25-19-12-14-21(15-13-19)29-17-16-28-20-8-4-3-5-9-20/h3-15,18H,16-17H2,1-2H3,(H,25,26)/t18-/m0/s1. The van der Waals surface area contributed by atoms with Crippen molar-refractivity contribution in [1.29, 1.82) is 0 Å². The molecule has 1 atom stereocenters. The van der Waals surface area contributed by atoms with Crippen molar-refractivity contribution in [1.82, 2.24) is 0 Å². The molecule has 3 aromatic carbocycles. The quantitative estimate of drug-likeness (QED) is 0.499. The van der Waals surface area contributed by atoms with Gasteiger partial charge in [-0.3, -0.25) is 4.79 Å². The fourth-order valence-corrected chi connectivity index (χ4v) is 2.67. The highest BCUT2D eigenvalue weighted by Crippen LogP contribution is 2.27. The minimum absolute atomic E-state index is 0.258. The summed E-state index contributed by atoms with van der Waals surface area (Å²) in [5.41, 5.74) is 0.656. The molecule has 0 unspecified atom stereocenters. The molecule has 0 saturated heterocycles. The Balaban J connectivity index is 1.44. The number of carbonyl (C=O) groups excluding carboxylic acids is 1. The molecule has 3 rings (SSSR count). The van der Waals surface area contributed by atoms with Crippen LogP contribution >= 0.6 is 0 Å². The predicted molar refractivity (Wildman–Crippen MR) is 116 cm³/mol. The molecule has 30 heavy (non-hydrogen) atoms. The van der Waals surface area contributed by atoms with Crippen molar-refractivity contribution >= 4 is 11.6 Å². The summed E-state index contributed by atoms with van der Waals surface area (Å²) in [6.07, 6.45) is -0.688. The molecule has 0 heterocycles. The van der Waals surface area contributed by atoms with E-state index in [4.69, 9.17) is 18.9 Å². The lowest BCUT2D eigenvalue weighted by Gasteiger charge is -2.16. The number of ether oxygens (including phenoxy) is 4. The predicted octanol–water partition coefficient (Wildman–Crippen LogP) is 4.56. The minimum Gasteiger partial charge on any atom is -0.493 e. The summed E-state index contributed by atoms with van der Waals surface area (Å²) in [6.45, 7) is 2.55.